The Hall–Kier alpha value is -1.61. The van der Waals surface area contributed by atoms with Crippen LogP contribution in [0.4, 0.5) is 0 Å². The minimum Gasteiger partial charge on any atom is -0.369 e. The lowest BCUT2D eigenvalue weighted by molar-refractivity contribution is -0.117. The van der Waals surface area contributed by atoms with E-state index in [1.807, 2.05) is 37.3 Å². The fraction of sp³-hybridized carbons (Fsp3) is 0.250. The molecule has 0 heterocycles. The van der Waals surface area contributed by atoms with Crippen LogP contribution in [0.2, 0.25) is 0 Å². The van der Waals surface area contributed by atoms with Crippen molar-refractivity contribution in [3.05, 3.63) is 41.5 Å². The summed E-state index contributed by atoms with van der Waals surface area (Å²) in [5.41, 5.74) is 7.34. The molecule has 0 unspecified atom stereocenters. The Morgan fingerprint density at radius 1 is 1.33 bits per heavy atom. The fourth-order valence-corrected chi connectivity index (χ4v) is 1.27. The van der Waals surface area contributed by atoms with Crippen molar-refractivity contribution in [3.8, 4) is 0 Å². The van der Waals surface area contributed by atoms with E-state index >= 15 is 0 Å². The second-order valence-electron chi connectivity index (χ2n) is 3.47. The smallest absolute Gasteiger partial charge is 0.231 e. The number of hydrogen-bond acceptors (Lipinski definition) is 2. The molecule has 0 bridgehead atoms. The van der Waals surface area contributed by atoms with Crippen LogP contribution in [0.25, 0.3) is 6.08 Å². The number of primary amides is 1. The topological polar surface area (TPSA) is 55.1 Å². The van der Waals surface area contributed by atoms with Crippen LogP contribution in [0.15, 0.2) is 35.9 Å². The summed E-state index contributed by atoms with van der Waals surface area (Å²) in [6.07, 6.45) is 2.08. The Balaban J connectivity index is 2.43. The monoisotopic (exact) mass is 204 g/mol. The van der Waals surface area contributed by atoms with E-state index < -0.39 is 0 Å². The molecule has 0 fully saturated rings. The molecule has 0 radical (unpaired) electrons. The van der Waals surface area contributed by atoms with Gasteiger partial charge in [-0.25, -0.2) is 0 Å². The van der Waals surface area contributed by atoms with Gasteiger partial charge in [0.05, 0.1) is 6.54 Å². The molecule has 3 heteroatoms. The molecule has 0 aliphatic rings. The number of benzene rings is 1. The predicted molar refractivity (Wildman–Crippen MR) is 62.2 cm³/mol. The van der Waals surface area contributed by atoms with Crippen molar-refractivity contribution in [2.45, 2.75) is 6.92 Å². The van der Waals surface area contributed by atoms with Gasteiger partial charge in [-0.1, -0.05) is 42.0 Å². The van der Waals surface area contributed by atoms with Crippen LogP contribution < -0.4 is 11.1 Å². The molecule has 80 valence electrons. The normalized spacial score (nSPS) is 11.4. The summed E-state index contributed by atoms with van der Waals surface area (Å²) in [7, 11) is 0. The molecule has 3 N–H and O–H groups in total. The fourth-order valence-electron chi connectivity index (χ4n) is 1.27. The van der Waals surface area contributed by atoms with E-state index in [1.165, 1.54) is 5.57 Å². The number of carbonyl (C=O) groups is 1. The first-order valence-corrected chi connectivity index (χ1v) is 4.90. The summed E-state index contributed by atoms with van der Waals surface area (Å²) in [5, 5.41) is 2.96. The van der Waals surface area contributed by atoms with Crippen molar-refractivity contribution in [1.29, 1.82) is 0 Å². The van der Waals surface area contributed by atoms with Crippen molar-refractivity contribution in [3.63, 3.8) is 0 Å². The minimum absolute atomic E-state index is 0.222. The number of carbonyl (C=O) groups excluding carboxylic acids is 1. The Morgan fingerprint density at radius 2 is 2.00 bits per heavy atom. The van der Waals surface area contributed by atoms with E-state index in [9.17, 15) is 4.79 Å². The van der Waals surface area contributed by atoms with Crippen molar-refractivity contribution >= 4 is 12.0 Å². The van der Waals surface area contributed by atoms with Crippen LogP contribution in [0.1, 0.15) is 12.5 Å². The molecule has 0 aromatic heterocycles. The van der Waals surface area contributed by atoms with Crippen LogP contribution in [-0.4, -0.2) is 19.0 Å². The first kappa shape index (κ1) is 11.5. The summed E-state index contributed by atoms with van der Waals surface area (Å²) < 4.78 is 0. The third kappa shape index (κ3) is 4.98. The molecule has 15 heavy (non-hydrogen) atoms. The highest BCUT2D eigenvalue weighted by atomic mass is 16.1. The molecule has 3 nitrogen and oxygen atoms in total. The van der Waals surface area contributed by atoms with Gasteiger partial charge in [0.1, 0.15) is 0 Å². The van der Waals surface area contributed by atoms with Gasteiger partial charge < -0.3 is 11.1 Å². The van der Waals surface area contributed by atoms with E-state index in [2.05, 4.69) is 11.4 Å². The van der Waals surface area contributed by atoms with Gasteiger partial charge in [-0.2, -0.15) is 0 Å². The molecule has 1 amide bonds. The van der Waals surface area contributed by atoms with Crippen LogP contribution in [0.5, 0.6) is 0 Å². The van der Waals surface area contributed by atoms with Crippen LogP contribution in [-0.2, 0) is 4.79 Å². The van der Waals surface area contributed by atoms with Crippen LogP contribution in [0.3, 0.4) is 0 Å². The van der Waals surface area contributed by atoms with Gasteiger partial charge >= 0.3 is 0 Å². The molecule has 0 aliphatic carbocycles. The molecular weight excluding hydrogens is 188 g/mol. The molecule has 0 aliphatic heterocycles. The zero-order chi connectivity index (χ0) is 11.1. The van der Waals surface area contributed by atoms with Gasteiger partial charge in [0.25, 0.3) is 0 Å². The van der Waals surface area contributed by atoms with Crippen LogP contribution in [0, 0.1) is 0 Å². The van der Waals surface area contributed by atoms with Gasteiger partial charge in [-0.15, -0.1) is 0 Å². The largest absolute Gasteiger partial charge is 0.369 e. The molecule has 0 atom stereocenters. The molecule has 1 rings (SSSR count). The lowest BCUT2D eigenvalue weighted by Gasteiger charge is -2.02. The third-order valence-corrected chi connectivity index (χ3v) is 1.92. The molecule has 1 aromatic rings. The first-order valence-electron chi connectivity index (χ1n) is 4.90. The minimum atomic E-state index is -0.331. The van der Waals surface area contributed by atoms with Crippen LogP contribution >= 0.6 is 0 Å². The third-order valence-electron chi connectivity index (χ3n) is 1.92. The highest BCUT2D eigenvalue weighted by Gasteiger charge is 1.94. The summed E-state index contributed by atoms with van der Waals surface area (Å²) in [6.45, 7) is 2.92. The first-order chi connectivity index (χ1) is 7.18. The Morgan fingerprint density at radius 3 is 2.60 bits per heavy atom. The second kappa shape index (κ2) is 5.98. The number of hydrogen-bond donors (Lipinski definition) is 2. The standard InChI is InChI=1S/C12H16N2O/c1-10(8-14-9-12(13)15)7-11-5-3-2-4-6-11/h2-7,14H,8-9H2,1H3,(H2,13,15)/b10-7+. The maximum absolute atomic E-state index is 10.5. The zero-order valence-corrected chi connectivity index (χ0v) is 8.86. The molecular formula is C12H16N2O. The van der Waals surface area contributed by atoms with Crippen molar-refractivity contribution in [1.82, 2.24) is 5.32 Å². The maximum atomic E-state index is 10.5. The average molecular weight is 204 g/mol. The van der Waals surface area contributed by atoms with E-state index in [4.69, 9.17) is 5.73 Å². The quantitative estimate of drug-likeness (QED) is 0.756. The maximum Gasteiger partial charge on any atom is 0.231 e. The van der Waals surface area contributed by atoms with E-state index in [-0.39, 0.29) is 12.5 Å². The van der Waals surface area contributed by atoms with E-state index in [0.717, 1.165) is 5.56 Å². The highest BCUT2D eigenvalue weighted by Crippen LogP contribution is 2.04. The summed E-state index contributed by atoms with van der Waals surface area (Å²) in [6, 6.07) is 10.1. The van der Waals surface area contributed by atoms with Crippen molar-refractivity contribution < 1.29 is 4.79 Å². The van der Waals surface area contributed by atoms with Gasteiger partial charge in [-0.3, -0.25) is 4.79 Å². The molecule has 0 saturated carbocycles. The Labute approximate surface area is 90.0 Å². The number of nitrogens with two attached hydrogens (primary N) is 1. The summed E-state index contributed by atoms with van der Waals surface area (Å²) >= 11 is 0. The van der Waals surface area contributed by atoms with Gasteiger partial charge in [0, 0.05) is 6.54 Å². The molecule has 0 spiro atoms. The lowest BCUT2D eigenvalue weighted by Crippen LogP contribution is -2.29. The van der Waals surface area contributed by atoms with Crippen molar-refractivity contribution in [2.24, 2.45) is 5.73 Å². The summed E-state index contributed by atoms with van der Waals surface area (Å²) in [5.74, 6) is -0.331. The summed E-state index contributed by atoms with van der Waals surface area (Å²) in [4.78, 5) is 10.5. The Kier molecular flexibility index (Phi) is 4.57. The lowest BCUT2D eigenvalue weighted by atomic mass is 10.1. The van der Waals surface area contributed by atoms with E-state index in [0.29, 0.717) is 6.54 Å². The number of nitrogens with one attached hydrogen (secondary N) is 1. The van der Waals surface area contributed by atoms with Gasteiger partial charge in [0.15, 0.2) is 0 Å². The highest BCUT2D eigenvalue weighted by molar-refractivity contribution is 5.75. The molecule has 0 saturated heterocycles. The van der Waals surface area contributed by atoms with Gasteiger partial charge in [0.2, 0.25) is 5.91 Å². The number of rotatable bonds is 5. The predicted octanol–water partition coefficient (Wildman–Crippen LogP) is 1.16. The molecule has 1 aromatic carbocycles. The Bertz CT molecular complexity index is 344. The van der Waals surface area contributed by atoms with Gasteiger partial charge in [-0.05, 0) is 12.5 Å². The zero-order valence-electron chi connectivity index (χ0n) is 8.86. The van der Waals surface area contributed by atoms with E-state index in [1.54, 1.807) is 0 Å². The van der Waals surface area contributed by atoms with Crippen molar-refractivity contribution in [2.75, 3.05) is 13.1 Å². The SMILES string of the molecule is C/C(=C\c1ccccc1)CNCC(N)=O. The number of amides is 1. The second-order valence-corrected chi connectivity index (χ2v) is 3.47. The average Bonchev–Trinajstić information content (AvgIpc) is 2.18.